The van der Waals surface area contributed by atoms with Crippen LogP contribution in [0.15, 0.2) is 46.5 Å². The minimum atomic E-state index is -4.55. The first kappa shape index (κ1) is 16.8. The molecule has 0 amide bonds. The molecule has 4 nitrogen and oxygen atoms in total. The zero-order chi connectivity index (χ0) is 17.2. The van der Waals surface area contributed by atoms with E-state index >= 15 is 0 Å². The molecule has 0 aliphatic rings. The summed E-state index contributed by atoms with van der Waals surface area (Å²) < 4.78 is 40.2. The maximum Gasteiger partial charge on any atom is 0.433 e. The molecular formula is C15H10BrF3N4S. The highest BCUT2D eigenvalue weighted by Gasteiger charge is 2.33. The van der Waals surface area contributed by atoms with Crippen LogP contribution in [0.1, 0.15) is 10.6 Å². The molecule has 0 aliphatic heterocycles. The predicted octanol–water partition coefficient (Wildman–Crippen LogP) is 4.99. The lowest BCUT2D eigenvalue weighted by atomic mass is 10.2. The van der Waals surface area contributed by atoms with E-state index in [1.165, 1.54) is 23.7 Å². The van der Waals surface area contributed by atoms with Gasteiger partial charge in [0, 0.05) is 28.9 Å². The first-order valence-electron chi connectivity index (χ1n) is 6.76. The standard InChI is InChI=1S/C15H10BrF3N4S/c16-12-2-1-10(24-12)8-21-13-7-11(15(17,18)19)22-14(23-13)9-3-5-20-6-4-9/h1-7H,8H2,(H,21,22,23). The van der Waals surface area contributed by atoms with Crippen LogP contribution in [0, 0.1) is 0 Å². The van der Waals surface area contributed by atoms with Gasteiger partial charge < -0.3 is 5.32 Å². The third kappa shape index (κ3) is 4.09. The van der Waals surface area contributed by atoms with Crippen molar-refractivity contribution in [2.75, 3.05) is 5.32 Å². The number of nitrogens with zero attached hydrogens (tertiary/aromatic N) is 3. The average molecular weight is 415 g/mol. The summed E-state index contributed by atoms with van der Waals surface area (Å²) in [4.78, 5) is 12.6. The van der Waals surface area contributed by atoms with Gasteiger partial charge in [0.05, 0.1) is 10.3 Å². The van der Waals surface area contributed by atoms with Crippen LogP contribution in [0.4, 0.5) is 19.0 Å². The van der Waals surface area contributed by atoms with Crippen LogP contribution in [-0.4, -0.2) is 15.0 Å². The SMILES string of the molecule is FC(F)(F)c1cc(NCc2ccc(Br)s2)nc(-c2ccncc2)n1. The van der Waals surface area contributed by atoms with E-state index in [2.05, 4.69) is 36.2 Å². The van der Waals surface area contributed by atoms with Gasteiger partial charge in [-0.2, -0.15) is 13.2 Å². The van der Waals surface area contributed by atoms with Crippen LogP contribution in [0.2, 0.25) is 0 Å². The van der Waals surface area contributed by atoms with E-state index < -0.39 is 11.9 Å². The molecule has 24 heavy (non-hydrogen) atoms. The second-order valence-corrected chi connectivity index (χ2v) is 7.30. The van der Waals surface area contributed by atoms with Gasteiger partial charge in [-0.3, -0.25) is 4.98 Å². The van der Waals surface area contributed by atoms with Gasteiger partial charge in [-0.15, -0.1) is 11.3 Å². The molecule has 3 aromatic rings. The Kier molecular flexibility index (Phi) is 4.81. The van der Waals surface area contributed by atoms with Crippen molar-refractivity contribution < 1.29 is 13.2 Å². The van der Waals surface area contributed by atoms with Crippen molar-refractivity contribution >= 4 is 33.1 Å². The Morgan fingerprint density at radius 3 is 2.46 bits per heavy atom. The summed E-state index contributed by atoms with van der Waals surface area (Å²) in [7, 11) is 0. The summed E-state index contributed by atoms with van der Waals surface area (Å²) in [5.74, 6) is 0.121. The summed E-state index contributed by atoms with van der Waals surface area (Å²) >= 11 is 4.85. The number of hydrogen-bond donors (Lipinski definition) is 1. The third-order valence-electron chi connectivity index (χ3n) is 3.03. The molecule has 9 heteroatoms. The topological polar surface area (TPSA) is 50.7 Å². The zero-order valence-corrected chi connectivity index (χ0v) is 14.4. The Morgan fingerprint density at radius 1 is 1.08 bits per heavy atom. The molecule has 0 bridgehead atoms. The lowest BCUT2D eigenvalue weighted by Gasteiger charge is -2.11. The molecule has 0 aromatic carbocycles. The van der Waals surface area contributed by atoms with Gasteiger partial charge in [0.25, 0.3) is 0 Å². The van der Waals surface area contributed by atoms with E-state index in [9.17, 15) is 13.2 Å². The van der Waals surface area contributed by atoms with Crippen molar-refractivity contribution in [3.8, 4) is 11.4 Å². The van der Waals surface area contributed by atoms with Gasteiger partial charge in [-0.05, 0) is 40.2 Å². The number of rotatable bonds is 4. The van der Waals surface area contributed by atoms with Crippen LogP contribution in [0.25, 0.3) is 11.4 Å². The molecule has 0 saturated heterocycles. The largest absolute Gasteiger partial charge is 0.433 e. The van der Waals surface area contributed by atoms with Crippen molar-refractivity contribution in [1.29, 1.82) is 0 Å². The van der Waals surface area contributed by atoms with Crippen molar-refractivity contribution in [2.45, 2.75) is 12.7 Å². The number of aromatic nitrogens is 3. The number of thiophene rings is 1. The molecule has 1 N–H and O–H groups in total. The zero-order valence-electron chi connectivity index (χ0n) is 12.0. The minimum Gasteiger partial charge on any atom is -0.365 e. The Hall–Kier alpha value is -2.00. The Bertz CT molecular complexity index is 836. The number of anilines is 1. The summed E-state index contributed by atoms with van der Waals surface area (Å²) in [5.41, 5.74) is -0.516. The quantitative estimate of drug-likeness (QED) is 0.652. The van der Waals surface area contributed by atoms with Crippen LogP contribution < -0.4 is 5.32 Å². The van der Waals surface area contributed by atoms with E-state index in [0.717, 1.165) is 14.7 Å². The first-order chi connectivity index (χ1) is 11.4. The highest BCUT2D eigenvalue weighted by molar-refractivity contribution is 9.11. The minimum absolute atomic E-state index is 0.00193. The number of hydrogen-bond acceptors (Lipinski definition) is 5. The second kappa shape index (κ2) is 6.86. The molecule has 3 aromatic heterocycles. The van der Waals surface area contributed by atoms with Gasteiger partial charge in [0.2, 0.25) is 0 Å². The van der Waals surface area contributed by atoms with Gasteiger partial charge >= 0.3 is 6.18 Å². The first-order valence-corrected chi connectivity index (χ1v) is 8.37. The van der Waals surface area contributed by atoms with E-state index in [4.69, 9.17) is 0 Å². The lowest BCUT2D eigenvalue weighted by Crippen LogP contribution is -2.12. The summed E-state index contributed by atoms with van der Waals surface area (Å²) in [6.45, 7) is 0.375. The maximum absolute atomic E-state index is 13.1. The van der Waals surface area contributed by atoms with Crippen LogP contribution >= 0.6 is 27.3 Å². The molecule has 0 atom stereocenters. The van der Waals surface area contributed by atoms with E-state index in [0.29, 0.717) is 12.1 Å². The number of alkyl halides is 3. The lowest BCUT2D eigenvalue weighted by molar-refractivity contribution is -0.141. The molecule has 3 rings (SSSR count). The fraction of sp³-hybridized carbons (Fsp3) is 0.133. The van der Waals surface area contributed by atoms with Crippen molar-refractivity contribution in [2.24, 2.45) is 0 Å². The summed E-state index contributed by atoms with van der Waals surface area (Å²) in [5, 5.41) is 2.92. The van der Waals surface area contributed by atoms with Gasteiger partial charge in [0.15, 0.2) is 11.5 Å². The smallest absolute Gasteiger partial charge is 0.365 e. The monoisotopic (exact) mass is 414 g/mol. The van der Waals surface area contributed by atoms with Crippen molar-refractivity contribution in [3.63, 3.8) is 0 Å². The molecule has 0 aliphatic carbocycles. The Balaban J connectivity index is 1.92. The normalized spacial score (nSPS) is 11.5. The van der Waals surface area contributed by atoms with Crippen LogP contribution in [0.3, 0.4) is 0 Å². The highest BCUT2D eigenvalue weighted by atomic mass is 79.9. The second-order valence-electron chi connectivity index (χ2n) is 4.76. The van der Waals surface area contributed by atoms with Crippen LogP contribution in [0.5, 0.6) is 0 Å². The Labute approximate surface area is 147 Å². The number of nitrogens with one attached hydrogen (secondary N) is 1. The highest BCUT2D eigenvalue weighted by Crippen LogP contribution is 2.31. The molecule has 0 fully saturated rings. The van der Waals surface area contributed by atoms with E-state index in [1.54, 1.807) is 12.1 Å². The maximum atomic E-state index is 13.1. The molecule has 3 heterocycles. The molecular weight excluding hydrogens is 405 g/mol. The molecule has 0 spiro atoms. The number of pyridine rings is 1. The molecule has 0 radical (unpaired) electrons. The molecule has 0 saturated carbocycles. The fourth-order valence-electron chi connectivity index (χ4n) is 1.94. The van der Waals surface area contributed by atoms with Crippen LogP contribution in [-0.2, 0) is 12.7 Å². The Morgan fingerprint density at radius 2 is 1.83 bits per heavy atom. The van der Waals surface area contributed by atoms with Crippen molar-refractivity contribution in [3.05, 3.63) is 57.1 Å². The molecule has 0 unspecified atom stereocenters. The average Bonchev–Trinajstić information content (AvgIpc) is 2.98. The van der Waals surface area contributed by atoms with Gasteiger partial charge in [0.1, 0.15) is 5.82 Å². The van der Waals surface area contributed by atoms with E-state index in [-0.39, 0.29) is 11.6 Å². The number of halogens is 4. The predicted molar refractivity (Wildman–Crippen MR) is 89.6 cm³/mol. The van der Waals surface area contributed by atoms with Gasteiger partial charge in [-0.1, -0.05) is 0 Å². The third-order valence-corrected chi connectivity index (χ3v) is 4.65. The van der Waals surface area contributed by atoms with Crippen molar-refractivity contribution in [1.82, 2.24) is 15.0 Å². The summed E-state index contributed by atoms with van der Waals surface area (Å²) in [6.07, 6.45) is -1.59. The van der Waals surface area contributed by atoms with E-state index in [1.807, 2.05) is 12.1 Å². The fourth-order valence-corrected chi connectivity index (χ4v) is 3.36. The molecule has 124 valence electrons. The summed E-state index contributed by atoms with van der Waals surface area (Å²) in [6, 6.07) is 7.81. The van der Waals surface area contributed by atoms with Gasteiger partial charge in [-0.25, -0.2) is 9.97 Å².